The van der Waals surface area contributed by atoms with Gasteiger partial charge in [0.2, 0.25) is 5.91 Å². The summed E-state index contributed by atoms with van der Waals surface area (Å²) in [4.78, 5) is 20.6. The van der Waals surface area contributed by atoms with E-state index in [0.29, 0.717) is 13.2 Å². The molecule has 0 fully saturated rings. The molecule has 6 heteroatoms. The van der Waals surface area contributed by atoms with E-state index in [1.807, 2.05) is 85.1 Å². The average molecular weight is 492 g/mol. The maximum Gasteiger partial charge on any atom is 0.221 e. The van der Waals surface area contributed by atoms with Gasteiger partial charge in [0.05, 0.1) is 7.11 Å². The lowest BCUT2D eigenvalue weighted by molar-refractivity contribution is -0.121. The fraction of sp³-hybridized carbons (Fsp3) is 0.161. The second-order valence-corrected chi connectivity index (χ2v) is 8.89. The van der Waals surface area contributed by atoms with Crippen molar-refractivity contribution >= 4 is 16.8 Å². The Hall–Kier alpha value is -4.58. The van der Waals surface area contributed by atoms with Gasteiger partial charge in [-0.25, -0.2) is 0 Å². The number of amides is 1. The number of aromatic amines is 1. The van der Waals surface area contributed by atoms with Crippen molar-refractivity contribution in [1.82, 2.24) is 15.3 Å². The number of ether oxygens (including phenoxy) is 2. The number of aromatic nitrogens is 2. The molecular formula is C31H29N3O3. The lowest BCUT2D eigenvalue weighted by atomic mass is 9.87. The predicted molar refractivity (Wildman–Crippen MR) is 145 cm³/mol. The van der Waals surface area contributed by atoms with Gasteiger partial charge in [-0.2, -0.15) is 0 Å². The normalized spacial score (nSPS) is 11.7. The molecule has 0 aliphatic carbocycles. The molecule has 3 aromatic carbocycles. The van der Waals surface area contributed by atoms with Gasteiger partial charge in [0.15, 0.2) is 0 Å². The predicted octanol–water partition coefficient (Wildman–Crippen LogP) is 5.99. The minimum Gasteiger partial charge on any atom is -0.497 e. The Balaban J connectivity index is 1.43. The molecule has 0 radical (unpaired) electrons. The summed E-state index contributed by atoms with van der Waals surface area (Å²) in [5.74, 6) is 1.32. The van der Waals surface area contributed by atoms with Crippen LogP contribution in [0.5, 0.6) is 11.5 Å². The molecule has 2 N–H and O–H groups in total. The van der Waals surface area contributed by atoms with Crippen LogP contribution in [0.3, 0.4) is 0 Å². The van der Waals surface area contributed by atoms with Gasteiger partial charge in [-0.05, 0) is 64.7 Å². The third-order valence-corrected chi connectivity index (χ3v) is 6.43. The van der Waals surface area contributed by atoms with E-state index in [9.17, 15) is 4.79 Å². The molecule has 0 bridgehead atoms. The number of rotatable bonds is 10. The molecule has 5 aromatic rings. The number of nitrogens with zero attached hydrogens (tertiary/aromatic N) is 1. The second-order valence-electron chi connectivity index (χ2n) is 8.89. The molecule has 0 saturated heterocycles. The Morgan fingerprint density at radius 3 is 2.57 bits per heavy atom. The number of carbonyl (C=O) groups is 1. The maximum atomic E-state index is 13.2. The van der Waals surface area contributed by atoms with Crippen LogP contribution in [-0.4, -0.2) is 23.0 Å². The van der Waals surface area contributed by atoms with Gasteiger partial charge in [0.1, 0.15) is 18.1 Å². The van der Waals surface area contributed by atoms with Crippen LogP contribution in [0.2, 0.25) is 0 Å². The van der Waals surface area contributed by atoms with Crippen molar-refractivity contribution in [2.24, 2.45) is 0 Å². The highest BCUT2D eigenvalue weighted by Gasteiger charge is 2.22. The summed E-state index contributed by atoms with van der Waals surface area (Å²) >= 11 is 0. The number of H-pyrrole nitrogens is 1. The SMILES string of the molecule is COc1ccc2[nH]cc(C(CC(=O)NCc3ccncc3)c3cccc(OCc4ccccc4)c3)c2c1. The molecule has 0 aliphatic heterocycles. The van der Waals surface area contributed by atoms with Gasteiger partial charge in [-0.15, -0.1) is 0 Å². The zero-order valence-corrected chi connectivity index (χ0v) is 20.7. The third kappa shape index (κ3) is 5.98. The molecule has 6 nitrogen and oxygen atoms in total. The Morgan fingerprint density at radius 2 is 1.76 bits per heavy atom. The standard InChI is InChI=1S/C31H29N3O3/c1-36-25-10-11-30-28(17-25)29(20-33-30)27(18-31(35)34-19-22-12-14-32-15-13-22)24-8-5-9-26(16-24)37-21-23-6-3-2-4-7-23/h2-17,20,27,33H,18-19,21H2,1H3,(H,34,35). The van der Waals surface area contributed by atoms with E-state index in [0.717, 1.165) is 44.7 Å². The molecule has 2 heterocycles. The number of benzene rings is 3. The molecular weight excluding hydrogens is 462 g/mol. The minimum atomic E-state index is -0.182. The highest BCUT2D eigenvalue weighted by Crippen LogP contribution is 2.36. The van der Waals surface area contributed by atoms with Crippen LogP contribution in [0.15, 0.2) is 104 Å². The lowest BCUT2D eigenvalue weighted by Crippen LogP contribution is -2.25. The maximum absolute atomic E-state index is 13.2. The number of fused-ring (bicyclic) bond motifs is 1. The van der Waals surface area contributed by atoms with Crippen molar-refractivity contribution in [2.45, 2.75) is 25.5 Å². The van der Waals surface area contributed by atoms with E-state index >= 15 is 0 Å². The molecule has 0 aliphatic rings. The first-order chi connectivity index (χ1) is 18.2. The molecule has 2 aromatic heterocycles. The van der Waals surface area contributed by atoms with Crippen LogP contribution in [0.25, 0.3) is 10.9 Å². The van der Waals surface area contributed by atoms with E-state index in [1.54, 1.807) is 19.5 Å². The highest BCUT2D eigenvalue weighted by molar-refractivity contribution is 5.87. The van der Waals surface area contributed by atoms with Crippen molar-refractivity contribution in [1.29, 1.82) is 0 Å². The Bertz CT molecular complexity index is 1470. The number of nitrogens with one attached hydrogen (secondary N) is 2. The quantitative estimate of drug-likeness (QED) is 0.252. The van der Waals surface area contributed by atoms with Crippen LogP contribution < -0.4 is 14.8 Å². The van der Waals surface area contributed by atoms with Gasteiger partial charge in [0, 0.05) is 48.4 Å². The van der Waals surface area contributed by atoms with Crippen molar-refractivity contribution in [3.8, 4) is 11.5 Å². The molecule has 5 rings (SSSR count). The first-order valence-electron chi connectivity index (χ1n) is 12.3. The number of pyridine rings is 1. The van der Waals surface area contributed by atoms with Crippen LogP contribution >= 0.6 is 0 Å². The number of hydrogen-bond donors (Lipinski definition) is 2. The lowest BCUT2D eigenvalue weighted by Gasteiger charge is -2.19. The largest absolute Gasteiger partial charge is 0.497 e. The summed E-state index contributed by atoms with van der Waals surface area (Å²) in [5.41, 5.74) is 5.15. The highest BCUT2D eigenvalue weighted by atomic mass is 16.5. The molecule has 37 heavy (non-hydrogen) atoms. The molecule has 1 atom stereocenters. The van der Waals surface area contributed by atoms with Crippen molar-refractivity contribution in [3.05, 3.63) is 126 Å². The van der Waals surface area contributed by atoms with E-state index in [-0.39, 0.29) is 18.2 Å². The summed E-state index contributed by atoms with van der Waals surface area (Å²) in [7, 11) is 1.66. The first kappa shape index (κ1) is 24.1. The van der Waals surface area contributed by atoms with Crippen LogP contribution in [0, 0.1) is 0 Å². The Morgan fingerprint density at radius 1 is 0.919 bits per heavy atom. The van der Waals surface area contributed by atoms with Gasteiger partial charge in [-0.1, -0.05) is 42.5 Å². The van der Waals surface area contributed by atoms with Crippen LogP contribution in [0.1, 0.15) is 34.6 Å². The van der Waals surface area contributed by atoms with Gasteiger partial charge >= 0.3 is 0 Å². The number of hydrogen-bond acceptors (Lipinski definition) is 4. The smallest absolute Gasteiger partial charge is 0.221 e. The molecule has 1 unspecified atom stereocenters. The fourth-order valence-corrected chi connectivity index (χ4v) is 4.46. The van der Waals surface area contributed by atoms with E-state index in [4.69, 9.17) is 9.47 Å². The molecule has 0 spiro atoms. The van der Waals surface area contributed by atoms with Crippen molar-refractivity contribution < 1.29 is 14.3 Å². The van der Waals surface area contributed by atoms with E-state index in [2.05, 4.69) is 21.4 Å². The third-order valence-electron chi connectivity index (χ3n) is 6.43. The van der Waals surface area contributed by atoms with E-state index < -0.39 is 0 Å². The Labute approximate surface area is 216 Å². The minimum absolute atomic E-state index is 0.0327. The van der Waals surface area contributed by atoms with Crippen LogP contribution in [0.4, 0.5) is 0 Å². The van der Waals surface area contributed by atoms with Gasteiger partial charge in [0.25, 0.3) is 0 Å². The summed E-state index contributed by atoms with van der Waals surface area (Å²) in [6, 6.07) is 27.8. The van der Waals surface area contributed by atoms with Crippen molar-refractivity contribution in [2.75, 3.05) is 7.11 Å². The summed E-state index contributed by atoms with van der Waals surface area (Å²) < 4.78 is 11.6. The number of methoxy groups -OCH3 is 1. The summed E-state index contributed by atoms with van der Waals surface area (Å²) in [6.45, 7) is 0.932. The molecule has 0 saturated carbocycles. The van der Waals surface area contributed by atoms with Crippen molar-refractivity contribution in [3.63, 3.8) is 0 Å². The zero-order chi connectivity index (χ0) is 25.5. The first-order valence-corrected chi connectivity index (χ1v) is 12.3. The molecule has 186 valence electrons. The van der Waals surface area contributed by atoms with Gasteiger partial charge in [-0.3, -0.25) is 9.78 Å². The average Bonchev–Trinajstić information content (AvgIpc) is 3.38. The second kappa shape index (κ2) is 11.4. The Kier molecular flexibility index (Phi) is 7.46. The fourth-order valence-electron chi connectivity index (χ4n) is 4.46. The monoisotopic (exact) mass is 491 g/mol. The summed E-state index contributed by atoms with van der Waals surface area (Å²) in [5, 5.41) is 4.09. The number of carbonyl (C=O) groups excluding carboxylic acids is 1. The summed E-state index contributed by atoms with van der Waals surface area (Å²) in [6.07, 6.45) is 5.73. The van der Waals surface area contributed by atoms with Crippen LogP contribution in [-0.2, 0) is 17.9 Å². The molecule has 1 amide bonds. The topological polar surface area (TPSA) is 76.2 Å². The zero-order valence-electron chi connectivity index (χ0n) is 20.7. The van der Waals surface area contributed by atoms with E-state index in [1.165, 1.54) is 0 Å². The van der Waals surface area contributed by atoms with Gasteiger partial charge < -0.3 is 19.8 Å².